The zero-order chi connectivity index (χ0) is 10.9. The third-order valence-corrected chi connectivity index (χ3v) is 4.38. The minimum absolute atomic E-state index is 0.589. The SMILES string of the molecule is Cc1ccsc1C(C)(O)Cc1nccs1. The molecule has 0 spiro atoms. The van der Waals surface area contributed by atoms with Gasteiger partial charge in [0.25, 0.3) is 0 Å². The van der Waals surface area contributed by atoms with Crippen molar-refractivity contribution in [3.8, 4) is 0 Å². The van der Waals surface area contributed by atoms with Crippen LogP contribution in [0.4, 0.5) is 0 Å². The summed E-state index contributed by atoms with van der Waals surface area (Å²) in [5.74, 6) is 0. The van der Waals surface area contributed by atoms with Crippen LogP contribution in [-0.2, 0) is 12.0 Å². The third-order valence-electron chi connectivity index (χ3n) is 2.33. The fourth-order valence-corrected chi connectivity index (χ4v) is 3.39. The second kappa shape index (κ2) is 4.04. The van der Waals surface area contributed by atoms with Crippen molar-refractivity contribution in [1.82, 2.24) is 4.98 Å². The van der Waals surface area contributed by atoms with Crippen LogP contribution < -0.4 is 0 Å². The first-order chi connectivity index (χ1) is 7.09. The highest BCUT2D eigenvalue weighted by atomic mass is 32.1. The van der Waals surface area contributed by atoms with Gasteiger partial charge >= 0.3 is 0 Å². The van der Waals surface area contributed by atoms with Crippen LogP contribution in [0.2, 0.25) is 0 Å². The number of nitrogens with zero attached hydrogens (tertiary/aromatic N) is 1. The molecule has 1 N–H and O–H groups in total. The van der Waals surface area contributed by atoms with Crippen LogP contribution in [-0.4, -0.2) is 10.1 Å². The van der Waals surface area contributed by atoms with Gasteiger partial charge in [0.15, 0.2) is 0 Å². The first-order valence-corrected chi connectivity index (χ1v) is 6.51. The summed E-state index contributed by atoms with van der Waals surface area (Å²) in [6, 6.07) is 2.04. The van der Waals surface area contributed by atoms with E-state index in [1.165, 1.54) is 0 Å². The van der Waals surface area contributed by atoms with E-state index >= 15 is 0 Å². The highest BCUT2D eigenvalue weighted by Crippen LogP contribution is 2.32. The van der Waals surface area contributed by atoms with Crippen LogP contribution in [0.15, 0.2) is 23.0 Å². The molecule has 0 fully saturated rings. The lowest BCUT2D eigenvalue weighted by molar-refractivity contribution is 0.0608. The summed E-state index contributed by atoms with van der Waals surface area (Å²) in [5, 5.41) is 15.3. The van der Waals surface area contributed by atoms with Crippen LogP contribution in [0.1, 0.15) is 22.4 Å². The van der Waals surface area contributed by atoms with E-state index in [9.17, 15) is 5.11 Å². The summed E-state index contributed by atoms with van der Waals surface area (Å²) in [6.45, 7) is 3.88. The van der Waals surface area contributed by atoms with E-state index in [-0.39, 0.29) is 0 Å². The Morgan fingerprint density at radius 2 is 2.20 bits per heavy atom. The predicted octanol–water partition coefficient (Wildman–Crippen LogP) is 2.96. The first kappa shape index (κ1) is 10.8. The van der Waals surface area contributed by atoms with E-state index in [1.54, 1.807) is 28.9 Å². The molecule has 15 heavy (non-hydrogen) atoms. The molecule has 0 aliphatic heterocycles. The van der Waals surface area contributed by atoms with E-state index in [4.69, 9.17) is 0 Å². The average Bonchev–Trinajstić information content (AvgIpc) is 2.75. The Morgan fingerprint density at radius 3 is 2.73 bits per heavy atom. The number of aromatic nitrogens is 1. The summed E-state index contributed by atoms with van der Waals surface area (Å²) in [7, 11) is 0. The number of thiophene rings is 1. The van der Waals surface area contributed by atoms with E-state index in [0.717, 1.165) is 15.4 Å². The Labute approximate surface area is 97.2 Å². The van der Waals surface area contributed by atoms with Crippen molar-refractivity contribution in [1.29, 1.82) is 0 Å². The molecular formula is C11H13NOS2. The molecule has 0 aliphatic rings. The molecule has 2 heterocycles. The number of rotatable bonds is 3. The molecule has 80 valence electrons. The number of aryl methyl sites for hydroxylation is 1. The van der Waals surface area contributed by atoms with Gasteiger partial charge in [-0.15, -0.1) is 22.7 Å². The van der Waals surface area contributed by atoms with Crippen molar-refractivity contribution >= 4 is 22.7 Å². The van der Waals surface area contributed by atoms with Gasteiger partial charge in [-0.3, -0.25) is 0 Å². The Bertz CT molecular complexity index is 431. The molecule has 2 nitrogen and oxygen atoms in total. The van der Waals surface area contributed by atoms with Gasteiger partial charge in [0, 0.05) is 22.9 Å². The minimum atomic E-state index is -0.796. The molecule has 0 saturated heterocycles. The van der Waals surface area contributed by atoms with Gasteiger partial charge < -0.3 is 5.11 Å². The van der Waals surface area contributed by atoms with Crippen molar-refractivity contribution in [2.24, 2.45) is 0 Å². The first-order valence-electron chi connectivity index (χ1n) is 4.75. The number of hydrogen-bond donors (Lipinski definition) is 1. The van der Waals surface area contributed by atoms with Crippen LogP contribution in [0, 0.1) is 6.92 Å². The molecule has 2 aromatic heterocycles. The maximum Gasteiger partial charge on any atom is 0.103 e. The van der Waals surface area contributed by atoms with Gasteiger partial charge in [0.2, 0.25) is 0 Å². The molecule has 0 bridgehead atoms. The second-order valence-corrected chi connectivity index (χ2v) is 5.70. The molecular weight excluding hydrogens is 226 g/mol. The Kier molecular flexibility index (Phi) is 2.91. The molecule has 0 aromatic carbocycles. The minimum Gasteiger partial charge on any atom is -0.384 e. The molecule has 2 aromatic rings. The fraction of sp³-hybridized carbons (Fsp3) is 0.364. The van der Waals surface area contributed by atoms with E-state index in [2.05, 4.69) is 4.98 Å². The van der Waals surface area contributed by atoms with E-state index in [0.29, 0.717) is 6.42 Å². The quantitative estimate of drug-likeness (QED) is 0.893. The Morgan fingerprint density at radius 1 is 1.40 bits per heavy atom. The zero-order valence-electron chi connectivity index (χ0n) is 8.73. The largest absolute Gasteiger partial charge is 0.384 e. The van der Waals surface area contributed by atoms with Gasteiger partial charge in [-0.1, -0.05) is 0 Å². The van der Waals surface area contributed by atoms with Gasteiger partial charge in [0.1, 0.15) is 5.60 Å². The number of hydrogen-bond acceptors (Lipinski definition) is 4. The molecule has 0 radical (unpaired) electrons. The number of aliphatic hydroxyl groups is 1. The maximum atomic E-state index is 10.4. The second-order valence-electron chi connectivity index (χ2n) is 3.81. The van der Waals surface area contributed by atoms with E-state index < -0.39 is 5.60 Å². The normalized spacial score (nSPS) is 15.1. The molecule has 0 saturated carbocycles. The predicted molar refractivity (Wildman–Crippen MR) is 64.4 cm³/mol. The summed E-state index contributed by atoms with van der Waals surface area (Å²) >= 11 is 3.19. The lowest BCUT2D eigenvalue weighted by Gasteiger charge is -2.21. The standard InChI is InChI=1S/C11H13NOS2/c1-8-3-5-15-10(8)11(2,13)7-9-12-4-6-14-9/h3-6,13H,7H2,1-2H3. The molecule has 0 aliphatic carbocycles. The van der Waals surface area contributed by atoms with Gasteiger partial charge in [0.05, 0.1) is 5.01 Å². The molecule has 1 unspecified atom stereocenters. The summed E-state index contributed by atoms with van der Waals surface area (Å²) in [4.78, 5) is 5.24. The van der Waals surface area contributed by atoms with Gasteiger partial charge in [-0.2, -0.15) is 0 Å². The molecule has 4 heteroatoms. The van der Waals surface area contributed by atoms with Crippen molar-refractivity contribution in [2.75, 3.05) is 0 Å². The summed E-state index contributed by atoms with van der Waals surface area (Å²) < 4.78 is 0. The van der Waals surface area contributed by atoms with Crippen LogP contribution in [0.3, 0.4) is 0 Å². The van der Waals surface area contributed by atoms with E-state index in [1.807, 2.05) is 30.7 Å². The number of thiazole rings is 1. The Hall–Kier alpha value is -0.710. The monoisotopic (exact) mass is 239 g/mol. The van der Waals surface area contributed by atoms with Crippen molar-refractivity contribution in [3.63, 3.8) is 0 Å². The third kappa shape index (κ3) is 2.27. The van der Waals surface area contributed by atoms with Crippen LogP contribution >= 0.6 is 22.7 Å². The van der Waals surface area contributed by atoms with Crippen molar-refractivity contribution < 1.29 is 5.11 Å². The fourth-order valence-electron chi connectivity index (χ4n) is 1.64. The topological polar surface area (TPSA) is 33.1 Å². The highest BCUT2D eigenvalue weighted by Gasteiger charge is 2.27. The Balaban J connectivity index is 2.24. The van der Waals surface area contributed by atoms with Crippen molar-refractivity contribution in [2.45, 2.75) is 25.9 Å². The van der Waals surface area contributed by atoms with Crippen molar-refractivity contribution in [3.05, 3.63) is 38.5 Å². The average molecular weight is 239 g/mol. The summed E-state index contributed by atoms with van der Waals surface area (Å²) in [6.07, 6.45) is 2.36. The van der Waals surface area contributed by atoms with Gasteiger partial charge in [-0.05, 0) is 30.9 Å². The zero-order valence-corrected chi connectivity index (χ0v) is 10.4. The van der Waals surface area contributed by atoms with Crippen LogP contribution in [0.25, 0.3) is 0 Å². The molecule has 2 rings (SSSR count). The maximum absolute atomic E-state index is 10.4. The molecule has 0 amide bonds. The smallest absolute Gasteiger partial charge is 0.103 e. The lowest BCUT2D eigenvalue weighted by Crippen LogP contribution is -2.23. The highest BCUT2D eigenvalue weighted by molar-refractivity contribution is 7.10. The molecule has 1 atom stereocenters. The van der Waals surface area contributed by atoms with Gasteiger partial charge in [-0.25, -0.2) is 4.98 Å². The lowest BCUT2D eigenvalue weighted by atomic mass is 9.98. The van der Waals surface area contributed by atoms with Crippen LogP contribution in [0.5, 0.6) is 0 Å². The summed E-state index contributed by atoms with van der Waals surface area (Å²) in [5.41, 5.74) is 0.359.